The summed E-state index contributed by atoms with van der Waals surface area (Å²) in [5.41, 5.74) is 3.65. The van der Waals surface area contributed by atoms with Crippen LogP contribution in [0.2, 0.25) is 0 Å². The molecule has 0 saturated heterocycles. The molecule has 0 aliphatic heterocycles. The maximum absolute atomic E-state index is 5.58. The first-order valence-corrected chi connectivity index (χ1v) is 8.32. The second kappa shape index (κ2) is 6.31. The molecule has 3 rings (SSSR count). The molecule has 3 aromatic rings. The molecule has 1 N–H and O–H groups in total. The van der Waals surface area contributed by atoms with E-state index in [-0.39, 0.29) is 5.54 Å². The Hall–Kier alpha value is -2.69. The second-order valence-corrected chi connectivity index (χ2v) is 7.11. The average Bonchev–Trinajstić information content (AvgIpc) is 2.92. The molecular weight excluding hydrogens is 314 g/mol. The molecule has 0 fully saturated rings. The number of fused-ring (bicyclic) bond motifs is 1. The summed E-state index contributed by atoms with van der Waals surface area (Å²) < 4.78 is 13.1. The Kier molecular flexibility index (Phi) is 4.33. The fourth-order valence-electron chi connectivity index (χ4n) is 2.91. The van der Waals surface area contributed by atoms with Crippen molar-refractivity contribution in [3.8, 4) is 22.8 Å². The number of ether oxygens (including phenoxy) is 2. The molecule has 1 aromatic carbocycles. The molecule has 0 spiro atoms. The highest BCUT2D eigenvalue weighted by Gasteiger charge is 2.22. The van der Waals surface area contributed by atoms with Gasteiger partial charge in [-0.25, -0.2) is 4.98 Å². The molecule has 0 unspecified atom stereocenters. The first-order valence-electron chi connectivity index (χ1n) is 8.32. The van der Waals surface area contributed by atoms with Crippen molar-refractivity contribution in [1.29, 1.82) is 0 Å². The van der Waals surface area contributed by atoms with Crippen LogP contribution >= 0.6 is 0 Å². The molecule has 2 aromatic heterocycles. The predicted octanol–water partition coefficient (Wildman–Crippen LogP) is 4.54. The van der Waals surface area contributed by atoms with Crippen LogP contribution in [0.15, 0.2) is 36.4 Å². The summed E-state index contributed by atoms with van der Waals surface area (Å²) in [6, 6.07) is 11.9. The van der Waals surface area contributed by atoms with Gasteiger partial charge in [-0.15, -0.1) is 0 Å². The number of aryl methyl sites for hydroxylation is 1. The highest BCUT2D eigenvalue weighted by Crippen LogP contribution is 2.38. The number of nitrogens with one attached hydrogen (secondary N) is 1. The van der Waals surface area contributed by atoms with Gasteiger partial charge < -0.3 is 14.8 Å². The molecule has 0 aliphatic rings. The van der Waals surface area contributed by atoms with Crippen LogP contribution in [0.5, 0.6) is 11.5 Å². The molecule has 25 heavy (non-hydrogen) atoms. The summed E-state index contributed by atoms with van der Waals surface area (Å²) in [6.07, 6.45) is 0. The summed E-state index contributed by atoms with van der Waals surface area (Å²) in [5.74, 6) is 2.48. The Balaban J connectivity index is 2.33. The van der Waals surface area contributed by atoms with E-state index >= 15 is 0 Å². The molecule has 0 bridgehead atoms. The van der Waals surface area contributed by atoms with Crippen molar-refractivity contribution in [2.75, 3.05) is 19.5 Å². The summed E-state index contributed by atoms with van der Waals surface area (Å²) in [5, 5.41) is 3.60. The van der Waals surface area contributed by atoms with E-state index in [4.69, 9.17) is 14.5 Å². The Morgan fingerprint density at radius 2 is 1.80 bits per heavy atom. The molecule has 0 atom stereocenters. The Labute approximate surface area is 148 Å². The van der Waals surface area contributed by atoms with Gasteiger partial charge in [0.15, 0.2) is 0 Å². The van der Waals surface area contributed by atoms with Gasteiger partial charge in [-0.05, 0) is 58.0 Å². The van der Waals surface area contributed by atoms with Crippen LogP contribution in [0.25, 0.3) is 16.9 Å². The second-order valence-electron chi connectivity index (χ2n) is 7.11. The van der Waals surface area contributed by atoms with Crippen molar-refractivity contribution in [2.45, 2.75) is 33.2 Å². The maximum Gasteiger partial charge on any atom is 0.139 e. The highest BCUT2D eigenvalue weighted by molar-refractivity contribution is 5.81. The zero-order valence-corrected chi connectivity index (χ0v) is 15.7. The van der Waals surface area contributed by atoms with Gasteiger partial charge in [-0.3, -0.25) is 4.40 Å². The molecule has 0 amide bonds. The van der Waals surface area contributed by atoms with Crippen LogP contribution in [0, 0.1) is 6.92 Å². The van der Waals surface area contributed by atoms with Crippen LogP contribution < -0.4 is 14.8 Å². The number of nitrogens with zero attached hydrogens (tertiary/aromatic N) is 2. The third-order valence-corrected chi connectivity index (χ3v) is 3.99. The summed E-state index contributed by atoms with van der Waals surface area (Å²) >= 11 is 0. The van der Waals surface area contributed by atoms with Crippen molar-refractivity contribution >= 4 is 11.5 Å². The van der Waals surface area contributed by atoms with E-state index < -0.39 is 0 Å². The minimum absolute atomic E-state index is 0.112. The molecule has 0 aliphatic carbocycles. The molecular formula is C20H25N3O2. The molecule has 5 nitrogen and oxygen atoms in total. The fraction of sp³-hybridized carbons (Fsp3) is 0.350. The summed E-state index contributed by atoms with van der Waals surface area (Å²) in [6.45, 7) is 8.49. The molecule has 2 heterocycles. The monoisotopic (exact) mass is 339 g/mol. The number of hydrogen-bond acceptors (Lipinski definition) is 4. The van der Waals surface area contributed by atoms with Gasteiger partial charge in [-0.2, -0.15) is 0 Å². The normalized spacial score (nSPS) is 11.6. The Morgan fingerprint density at radius 3 is 2.44 bits per heavy atom. The van der Waals surface area contributed by atoms with Gasteiger partial charge in [-0.1, -0.05) is 6.07 Å². The van der Waals surface area contributed by atoms with E-state index in [0.717, 1.165) is 39.9 Å². The van der Waals surface area contributed by atoms with E-state index in [1.807, 2.05) is 30.3 Å². The third kappa shape index (κ3) is 3.27. The fourth-order valence-corrected chi connectivity index (χ4v) is 2.91. The van der Waals surface area contributed by atoms with Gasteiger partial charge in [0.1, 0.15) is 28.7 Å². The maximum atomic E-state index is 5.58. The van der Waals surface area contributed by atoms with Crippen LogP contribution in [-0.4, -0.2) is 29.1 Å². The van der Waals surface area contributed by atoms with E-state index in [1.54, 1.807) is 14.2 Å². The number of pyridine rings is 1. The van der Waals surface area contributed by atoms with Gasteiger partial charge in [0.05, 0.1) is 14.2 Å². The lowest BCUT2D eigenvalue weighted by molar-refractivity contribution is 0.404. The standard InChI is InChI=1S/C20H25N3O2/c1-13-8-7-9-17-21-18(19(23(13)17)22-20(2,3)4)15-12-14(24-5)10-11-16(15)25-6/h7-12,22H,1-6H3. The van der Waals surface area contributed by atoms with E-state index in [2.05, 4.69) is 43.5 Å². The number of methoxy groups -OCH3 is 2. The lowest BCUT2D eigenvalue weighted by Crippen LogP contribution is -2.27. The van der Waals surface area contributed by atoms with Gasteiger partial charge in [0.25, 0.3) is 0 Å². The highest BCUT2D eigenvalue weighted by atomic mass is 16.5. The number of benzene rings is 1. The van der Waals surface area contributed by atoms with E-state index in [0.29, 0.717) is 0 Å². The van der Waals surface area contributed by atoms with Crippen molar-refractivity contribution in [1.82, 2.24) is 9.38 Å². The van der Waals surface area contributed by atoms with Crippen molar-refractivity contribution in [2.24, 2.45) is 0 Å². The largest absolute Gasteiger partial charge is 0.497 e. The first-order chi connectivity index (χ1) is 11.8. The van der Waals surface area contributed by atoms with Crippen LogP contribution in [-0.2, 0) is 0 Å². The lowest BCUT2D eigenvalue weighted by atomic mass is 10.1. The molecule has 0 radical (unpaired) electrons. The number of aromatic nitrogens is 2. The third-order valence-electron chi connectivity index (χ3n) is 3.99. The minimum atomic E-state index is -0.112. The van der Waals surface area contributed by atoms with Gasteiger partial charge >= 0.3 is 0 Å². The van der Waals surface area contributed by atoms with Gasteiger partial charge in [0.2, 0.25) is 0 Å². The van der Waals surface area contributed by atoms with E-state index in [9.17, 15) is 0 Å². The number of imidazole rings is 1. The van der Waals surface area contributed by atoms with Crippen molar-refractivity contribution < 1.29 is 9.47 Å². The van der Waals surface area contributed by atoms with E-state index in [1.165, 1.54) is 0 Å². The number of rotatable bonds is 4. The molecule has 132 valence electrons. The van der Waals surface area contributed by atoms with Crippen LogP contribution in [0.3, 0.4) is 0 Å². The zero-order valence-electron chi connectivity index (χ0n) is 15.7. The van der Waals surface area contributed by atoms with Crippen LogP contribution in [0.4, 0.5) is 5.82 Å². The quantitative estimate of drug-likeness (QED) is 0.758. The first kappa shape index (κ1) is 17.1. The van der Waals surface area contributed by atoms with Crippen molar-refractivity contribution in [3.63, 3.8) is 0 Å². The Bertz CT molecular complexity index is 907. The lowest BCUT2D eigenvalue weighted by Gasteiger charge is -2.23. The molecule has 0 saturated carbocycles. The summed E-state index contributed by atoms with van der Waals surface area (Å²) in [7, 11) is 3.33. The topological polar surface area (TPSA) is 47.8 Å². The Morgan fingerprint density at radius 1 is 1.04 bits per heavy atom. The van der Waals surface area contributed by atoms with Crippen molar-refractivity contribution in [3.05, 3.63) is 42.1 Å². The number of anilines is 1. The minimum Gasteiger partial charge on any atom is -0.497 e. The SMILES string of the molecule is COc1ccc(OC)c(-c2nc3cccc(C)n3c2NC(C)(C)C)c1. The predicted molar refractivity (Wildman–Crippen MR) is 102 cm³/mol. The van der Waals surface area contributed by atoms with Crippen LogP contribution in [0.1, 0.15) is 26.5 Å². The molecule has 5 heteroatoms. The smallest absolute Gasteiger partial charge is 0.139 e. The zero-order chi connectivity index (χ0) is 18.2. The summed E-state index contributed by atoms with van der Waals surface area (Å²) in [4.78, 5) is 4.88. The number of hydrogen-bond donors (Lipinski definition) is 1. The van der Waals surface area contributed by atoms with Gasteiger partial charge in [0, 0.05) is 16.8 Å². The average molecular weight is 339 g/mol.